The highest BCUT2D eigenvalue weighted by Crippen LogP contribution is 2.18. The van der Waals surface area contributed by atoms with Crippen LogP contribution in [0.3, 0.4) is 0 Å². The zero-order chi connectivity index (χ0) is 17.0. The second kappa shape index (κ2) is 20.1. The molecule has 0 unspecified atom stereocenters. The fraction of sp³-hybridized carbons (Fsp3) is 0.895. The smallest absolute Gasteiger partial charge is 0.119 e. The fourth-order valence-electron chi connectivity index (χ4n) is 2.85. The number of halogens is 1. The average molecular weight is 438 g/mol. The molecule has 23 heavy (non-hydrogen) atoms. The third-order valence-electron chi connectivity index (χ3n) is 4.32. The van der Waals surface area contributed by atoms with Gasteiger partial charge in [0, 0.05) is 12.8 Å². The highest BCUT2D eigenvalue weighted by Gasteiger charge is 2.07. The predicted molar refractivity (Wildman–Crippen MR) is 105 cm³/mol. The van der Waals surface area contributed by atoms with Gasteiger partial charge in [-0.25, -0.2) is 0 Å². The van der Waals surface area contributed by atoms with E-state index in [1.54, 1.807) is 0 Å². The Balaban J connectivity index is 3.31. The van der Waals surface area contributed by atoms with E-state index in [4.69, 9.17) is 3.07 Å². The summed E-state index contributed by atoms with van der Waals surface area (Å²) in [7, 11) is 0. The molecule has 0 N–H and O–H groups in total. The predicted octanol–water partition coefficient (Wildman–Crippen LogP) is 6.36. The summed E-state index contributed by atoms with van der Waals surface area (Å²) in [6.07, 6.45) is 20.9. The number of hydrogen-bond donors (Lipinski definition) is 0. The fourth-order valence-corrected chi connectivity index (χ4v) is 3.36. The molecule has 0 bridgehead atoms. The van der Waals surface area contributed by atoms with Crippen LogP contribution in [0.25, 0.3) is 0 Å². The lowest BCUT2D eigenvalue weighted by Crippen LogP contribution is -2.07. The van der Waals surface area contributed by atoms with Crippen molar-refractivity contribution in [3.63, 3.8) is 0 Å². The first-order valence-electron chi connectivity index (χ1n) is 9.49. The molecule has 0 aliphatic carbocycles. The van der Waals surface area contributed by atoms with E-state index in [0.717, 1.165) is 38.3 Å². The highest BCUT2D eigenvalue weighted by atomic mass is 127. The van der Waals surface area contributed by atoms with Crippen LogP contribution in [0.5, 0.6) is 0 Å². The largest absolute Gasteiger partial charge is 0.312 e. The Morgan fingerprint density at radius 2 is 0.957 bits per heavy atom. The molecule has 0 atom stereocenters. The standard InChI is InChI=1S/C19H35IO3/c20-23-19(15-11-7-3-1-5-9-13-17-21)16-12-8-4-2-6-10-14-18-22/h17-19H,1-16H2. The van der Waals surface area contributed by atoms with Gasteiger partial charge in [0.15, 0.2) is 0 Å². The van der Waals surface area contributed by atoms with Crippen LogP contribution in [-0.2, 0) is 12.7 Å². The normalized spacial score (nSPS) is 11.0. The van der Waals surface area contributed by atoms with Crippen LogP contribution in [0.15, 0.2) is 0 Å². The number of carbonyl (C=O) groups excluding carboxylic acids is 2. The molecule has 0 fully saturated rings. The van der Waals surface area contributed by atoms with Gasteiger partial charge in [-0.15, -0.1) is 0 Å². The van der Waals surface area contributed by atoms with E-state index < -0.39 is 0 Å². The molecule has 0 aliphatic heterocycles. The molecule has 0 aromatic rings. The van der Waals surface area contributed by atoms with E-state index in [9.17, 15) is 9.59 Å². The van der Waals surface area contributed by atoms with E-state index in [-0.39, 0.29) is 0 Å². The summed E-state index contributed by atoms with van der Waals surface area (Å²) < 4.78 is 5.56. The molecule has 0 spiro atoms. The summed E-state index contributed by atoms with van der Waals surface area (Å²) in [5.41, 5.74) is 0. The molecular formula is C19H35IO3. The first-order valence-corrected chi connectivity index (χ1v) is 10.4. The summed E-state index contributed by atoms with van der Waals surface area (Å²) in [5, 5.41) is 0. The summed E-state index contributed by atoms with van der Waals surface area (Å²) >= 11 is 2.05. The van der Waals surface area contributed by atoms with Gasteiger partial charge in [0.05, 0.1) is 6.10 Å². The third kappa shape index (κ3) is 18.2. The van der Waals surface area contributed by atoms with Crippen molar-refractivity contribution in [3.8, 4) is 0 Å². The van der Waals surface area contributed by atoms with Crippen LogP contribution >= 0.6 is 23.0 Å². The maximum absolute atomic E-state index is 10.2. The molecule has 0 aromatic carbocycles. The van der Waals surface area contributed by atoms with Gasteiger partial charge in [0.25, 0.3) is 0 Å². The van der Waals surface area contributed by atoms with Gasteiger partial charge in [0.2, 0.25) is 0 Å². The maximum atomic E-state index is 10.2. The van der Waals surface area contributed by atoms with Crippen molar-refractivity contribution in [1.29, 1.82) is 0 Å². The van der Waals surface area contributed by atoms with Crippen LogP contribution in [-0.4, -0.2) is 18.7 Å². The molecule has 0 aliphatic rings. The zero-order valence-corrected chi connectivity index (χ0v) is 16.8. The van der Waals surface area contributed by atoms with E-state index in [1.165, 1.54) is 77.0 Å². The van der Waals surface area contributed by atoms with Gasteiger partial charge >= 0.3 is 0 Å². The van der Waals surface area contributed by atoms with Gasteiger partial charge in [0.1, 0.15) is 35.6 Å². The molecule has 4 heteroatoms. The van der Waals surface area contributed by atoms with Crippen molar-refractivity contribution < 1.29 is 12.7 Å². The van der Waals surface area contributed by atoms with E-state index in [2.05, 4.69) is 23.0 Å². The van der Waals surface area contributed by atoms with Gasteiger partial charge in [-0.2, -0.15) is 0 Å². The maximum Gasteiger partial charge on any atom is 0.119 e. The molecule has 136 valence electrons. The SMILES string of the molecule is O=CCCCCCCCCC(CCCCCCCCC=O)OI. The van der Waals surface area contributed by atoms with Gasteiger partial charge in [-0.1, -0.05) is 64.2 Å². The zero-order valence-electron chi connectivity index (χ0n) is 14.6. The van der Waals surface area contributed by atoms with Crippen LogP contribution < -0.4 is 0 Å². The first-order chi connectivity index (χ1) is 11.3. The number of aldehydes is 2. The molecular weight excluding hydrogens is 403 g/mol. The lowest BCUT2D eigenvalue weighted by Gasteiger charge is -2.13. The van der Waals surface area contributed by atoms with Crippen molar-refractivity contribution in [2.24, 2.45) is 0 Å². The quantitative estimate of drug-likeness (QED) is 0.134. The molecule has 0 saturated heterocycles. The lowest BCUT2D eigenvalue weighted by molar-refractivity contribution is -0.108. The average Bonchev–Trinajstić information content (AvgIpc) is 2.57. The molecule has 3 nitrogen and oxygen atoms in total. The topological polar surface area (TPSA) is 43.4 Å². The van der Waals surface area contributed by atoms with Crippen molar-refractivity contribution in [2.75, 3.05) is 0 Å². The van der Waals surface area contributed by atoms with Gasteiger partial charge in [-0.3, -0.25) is 0 Å². The minimum atomic E-state index is 0.417. The van der Waals surface area contributed by atoms with Crippen molar-refractivity contribution in [2.45, 2.75) is 109 Å². The Kier molecular flexibility index (Phi) is 20.1. The Bertz CT molecular complexity index is 235. The summed E-state index contributed by atoms with van der Waals surface area (Å²) in [6.45, 7) is 0. The van der Waals surface area contributed by atoms with Crippen molar-refractivity contribution >= 4 is 35.6 Å². The van der Waals surface area contributed by atoms with Crippen LogP contribution in [0.4, 0.5) is 0 Å². The number of hydrogen-bond acceptors (Lipinski definition) is 3. The second-order valence-corrected chi connectivity index (χ2v) is 6.95. The van der Waals surface area contributed by atoms with Gasteiger partial charge < -0.3 is 12.7 Å². The Labute approximate surface area is 157 Å². The molecule has 0 radical (unpaired) electrons. The second-order valence-electron chi connectivity index (χ2n) is 6.44. The first kappa shape index (κ1) is 23.0. The number of carbonyl (C=O) groups is 2. The number of rotatable bonds is 19. The van der Waals surface area contributed by atoms with Crippen molar-refractivity contribution in [3.05, 3.63) is 0 Å². The summed E-state index contributed by atoms with van der Waals surface area (Å²) in [5.74, 6) is 0. The minimum Gasteiger partial charge on any atom is -0.312 e. The Morgan fingerprint density at radius 3 is 1.30 bits per heavy atom. The highest BCUT2D eigenvalue weighted by molar-refractivity contribution is 14.1. The molecule has 0 saturated carbocycles. The molecule has 0 rings (SSSR count). The Hall–Kier alpha value is 0.0300. The molecule has 0 amide bonds. The summed E-state index contributed by atoms with van der Waals surface area (Å²) in [4.78, 5) is 20.4. The van der Waals surface area contributed by atoms with Crippen molar-refractivity contribution in [1.82, 2.24) is 0 Å². The van der Waals surface area contributed by atoms with Crippen LogP contribution in [0, 0.1) is 0 Å². The molecule has 0 heterocycles. The molecule has 0 aromatic heterocycles. The summed E-state index contributed by atoms with van der Waals surface area (Å²) in [6, 6.07) is 0. The van der Waals surface area contributed by atoms with E-state index in [0.29, 0.717) is 6.10 Å². The van der Waals surface area contributed by atoms with E-state index in [1.807, 2.05) is 0 Å². The lowest BCUT2D eigenvalue weighted by atomic mass is 10.0. The monoisotopic (exact) mass is 438 g/mol. The van der Waals surface area contributed by atoms with Gasteiger partial charge in [-0.05, 0) is 25.7 Å². The Morgan fingerprint density at radius 1 is 0.609 bits per heavy atom. The van der Waals surface area contributed by atoms with E-state index >= 15 is 0 Å². The third-order valence-corrected chi connectivity index (χ3v) is 5.04. The number of unbranched alkanes of at least 4 members (excludes halogenated alkanes) is 12. The minimum absolute atomic E-state index is 0.417. The van der Waals surface area contributed by atoms with Crippen LogP contribution in [0.1, 0.15) is 103 Å². The van der Waals surface area contributed by atoms with Crippen LogP contribution in [0.2, 0.25) is 0 Å².